The van der Waals surface area contributed by atoms with Gasteiger partial charge in [-0.15, -0.1) is 0 Å². The standard InChI is InChI=1S/C10H9N.H2S.Zn/c1-8-4-2-6-10-9(8)5-3-7-11-10;;/h2-7H,1H3;1H2;. The van der Waals surface area contributed by atoms with Crippen LogP contribution in [0.2, 0.25) is 0 Å². The van der Waals surface area contributed by atoms with E-state index in [1.165, 1.54) is 10.9 Å². The Morgan fingerprint density at radius 1 is 1.08 bits per heavy atom. The van der Waals surface area contributed by atoms with Gasteiger partial charge in [0.05, 0.1) is 5.52 Å². The molecule has 0 aliphatic carbocycles. The number of hydrogen-bond acceptors (Lipinski definition) is 1. The van der Waals surface area contributed by atoms with Crippen molar-refractivity contribution in [1.82, 2.24) is 4.98 Å². The Kier molecular flexibility index (Phi) is 5.19. The summed E-state index contributed by atoms with van der Waals surface area (Å²) >= 11 is 0. The summed E-state index contributed by atoms with van der Waals surface area (Å²) in [5, 5.41) is 1.25. The molecule has 1 heterocycles. The molecule has 0 saturated heterocycles. The van der Waals surface area contributed by atoms with Gasteiger partial charge < -0.3 is 0 Å². The normalized spacial score (nSPS) is 8.69. The molecule has 1 aromatic carbocycles. The van der Waals surface area contributed by atoms with Crippen molar-refractivity contribution in [3.05, 3.63) is 42.1 Å². The Balaban J connectivity index is 0.000000720. The van der Waals surface area contributed by atoms with Crippen molar-refractivity contribution in [1.29, 1.82) is 0 Å². The van der Waals surface area contributed by atoms with Crippen LogP contribution in [0.4, 0.5) is 0 Å². The maximum absolute atomic E-state index is 4.24. The van der Waals surface area contributed by atoms with Gasteiger partial charge in [0.2, 0.25) is 0 Å². The third kappa shape index (κ3) is 2.52. The van der Waals surface area contributed by atoms with Gasteiger partial charge in [0.25, 0.3) is 0 Å². The van der Waals surface area contributed by atoms with E-state index < -0.39 is 0 Å². The first-order valence-electron chi connectivity index (χ1n) is 3.68. The molecule has 0 radical (unpaired) electrons. The van der Waals surface area contributed by atoms with Crippen LogP contribution in [0.1, 0.15) is 5.56 Å². The molecule has 0 aliphatic heterocycles. The number of nitrogens with zero attached hydrogens (tertiary/aromatic N) is 1. The molecule has 1 nitrogen and oxygen atoms in total. The zero-order valence-electron chi connectivity index (χ0n) is 7.62. The molecule has 0 unspecified atom stereocenters. The van der Waals surface area contributed by atoms with E-state index in [1.807, 2.05) is 24.4 Å². The van der Waals surface area contributed by atoms with Gasteiger partial charge in [0.15, 0.2) is 0 Å². The quantitative estimate of drug-likeness (QED) is 0.648. The van der Waals surface area contributed by atoms with Crippen LogP contribution in [0.25, 0.3) is 10.9 Å². The van der Waals surface area contributed by atoms with E-state index in [9.17, 15) is 0 Å². The Morgan fingerprint density at radius 2 is 1.85 bits per heavy atom. The van der Waals surface area contributed by atoms with E-state index in [2.05, 4.69) is 24.0 Å². The molecule has 1 aromatic heterocycles. The minimum atomic E-state index is 0. The van der Waals surface area contributed by atoms with Gasteiger partial charge in [-0.1, -0.05) is 18.2 Å². The summed E-state index contributed by atoms with van der Waals surface area (Å²) in [4.78, 5) is 4.24. The van der Waals surface area contributed by atoms with E-state index in [1.54, 1.807) is 0 Å². The van der Waals surface area contributed by atoms with E-state index in [0.29, 0.717) is 0 Å². The summed E-state index contributed by atoms with van der Waals surface area (Å²) in [6.45, 7) is 2.10. The smallest absolute Gasteiger partial charge is 0.0704 e. The Labute approximate surface area is 97.8 Å². The van der Waals surface area contributed by atoms with Gasteiger partial charge in [0.1, 0.15) is 0 Å². The minimum Gasteiger partial charge on any atom is -0.256 e. The predicted molar refractivity (Wildman–Crippen MR) is 56.9 cm³/mol. The van der Waals surface area contributed by atoms with Crippen molar-refractivity contribution in [2.75, 3.05) is 0 Å². The number of pyridine rings is 1. The summed E-state index contributed by atoms with van der Waals surface area (Å²) in [5.41, 5.74) is 2.36. The van der Waals surface area contributed by atoms with Crippen molar-refractivity contribution >= 4 is 24.4 Å². The maximum Gasteiger partial charge on any atom is 0.0704 e. The number of fused-ring (bicyclic) bond motifs is 1. The van der Waals surface area contributed by atoms with Crippen LogP contribution < -0.4 is 0 Å². The third-order valence-corrected chi connectivity index (χ3v) is 1.86. The SMILES string of the molecule is Cc1cccc2ncccc12.S.[Zn]. The monoisotopic (exact) mass is 241 g/mol. The Morgan fingerprint density at radius 3 is 2.54 bits per heavy atom. The fourth-order valence-electron chi connectivity index (χ4n) is 1.26. The van der Waals surface area contributed by atoms with Crippen LogP contribution in [0, 0.1) is 6.92 Å². The molecule has 13 heavy (non-hydrogen) atoms. The summed E-state index contributed by atoms with van der Waals surface area (Å²) in [5.74, 6) is 0. The van der Waals surface area contributed by atoms with E-state index in [0.717, 1.165) is 5.52 Å². The average molecular weight is 243 g/mol. The molecular weight excluding hydrogens is 232 g/mol. The van der Waals surface area contributed by atoms with Gasteiger partial charge in [0, 0.05) is 31.1 Å². The summed E-state index contributed by atoms with van der Waals surface area (Å²) in [6, 6.07) is 10.2. The number of benzene rings is 1. The van der Waals surface area contributed by atoms with E-state index in [4.69, 9.17) is 0 Å². The molecule has 2 rings (SSSR count). The van der Waals surface area contributed by atoms with Crippen LogP contribution >= 0.6 is 13.5 Å². The molecular formula is C10H11NSZn. The molecule has 0 fully saturated rings. The fourth-order valence-corrected chi connectivity index (χ4v) is 1.26. The van der Waals surface area contributed by atoms with E-state index >= 15 is 0 Å². The molecule has 0 atom stereocenters. The van der Waals surface area contributed by atoms with Crippen LogP contribution in [-0.4, -0.2) is 4.98 Å². The summed E-state index contributed by atoms with van der Waals surface area (Å²) in [7, 11) is 0. The van der Waals surface area contributed by atoms with Crippen molar-refractivity contribution in [3.63, 3.8) is 0 Å². The first kappa shape index (κ1) is 12.6. The zero-order chi connectivity index (χ0) is 7.68. The van der Waals surface area contributed by atoms with Gasteiger partial charge in [-0.2, -0.15) is 13.5 Å². The van der Waals surface area contributed by atoms with Crippen LogP contribution in [0.5, 0.6) is 0 Å². The first-order chi connectivity index (χ1) is 5.38. The molecule has 0 aliphatic rings. The number of rotatable bonds is 0. The van der Waals surface area contributed by atoms with Gasteiger partial charge in [-0.25, -0.2) is 0 Å². The number of aromatic nitrogens is 1. The third-order valence-electron chi connectivity index (χ3n) is 1.86. The van der Waals surface area contributed by atoms with E-state index in [-0.39, 0.29) is 33.0 Å². The van der Waals surface area contributed by atoms with Gasteiger partial charge >= 0.3 is 0 Å². The number of aryl methyl sites for hydroxylation is 1. The second-order valence-corrected chi connectivity index (χ2v) is 2.64. The molecule has 64 valence electrons. The second kappa shape index (κ2) is 5.36. The molecule has 0 spiro atoms. The summed E-state index contributed by atoms with van der Waals surface area (Å²) < 4.78 is 0. The molecule has 0 bridgehead atoms. The summed E-state index contributed by atoms with van der Waals surface area (Å²) in [6.07, 6.45) is 1.82. The molecule has 2 aromatic rings. The average Bonchev–Trinajstić information content (AvgIpc) is 2.06. The van der Waals surface area contributed by atoms with Gasteiger partial charge in [-0.05, 0) is 24.6 Å². The first-order valence-corrected chi connectivity index (χ1v) is 3.68. The van der Waals surface area contributed by atoms with Gasteiger partial charge in [-0.3, -0.25) is 4.98 Å². The van der Waals surface area contributed by atoms with Crippen molar-refractivity contribution in [2.24, 2.45) is 0 Å². The molecule has 3 heteroatoms. The van der Waals surface area contributed by atoms with Crippen LogP contribution in [-0.2, 0) is 19.5 Å². The molecule has 0 amide bonds. The second-order valence-electron chi connectivity index (χ2n) is 2.64. The number of hydrogen-bond donors (Lipinski definition) is 0. The predicted octanol–water partition coefficient (Wildman–Crippen LogP) is 2.65. The van der Waals surface area contributed by atoms with Crippen LogP contribution in [0.3, 0.4) is 0 Å². The van der Waals surface area contributed by atoms with Crippen molar-refractivity contribution in [3.8, 4) is 0 Å². The molecule has 0 N–H and O–H groups in total. The molecule has 0 saturated carbocycles. The largest absolute Gasteiger partial charge is 0.256 e. The Bertz CT molecular complexity index is 384. The van der Waals surface area contributed by atoms with Crippen molar-refractivity contribution < 1.29 is 19.5 Å². The minimum absolute atomic E-state index is 0. The topological polar surface area (TPSA) is 12.9 Å². The van der Waals surface area contributed by atoms with Crippen LogP contribution in [0.15, 0.2) is 36.5 Å². The fraction of sp³-hybridized carbons (Fsp3) is 0.100. The zero-order valence-corrected chi connectivity index (χ0v) is 11.6. The van der Waals surface area contributed by atoms with Crippen molar-refractivity contribution in [2.45, 2.75) is 6.92 Å². The maximum atomic E-state index is 4.24. The Hall–Kier alpha value is -0.397.